The molecule has 2 aromatic rings. The van der Waals surface area contributed by atoms with Gasteiger partial charge in [0.05, 0.1) is 0 Å². The van der Waals surface area contributed by atoms with Crippen molar-refractivity contribution in [2.24, 2.45) is 0 Å². The molecular formula is C42H66O6. The highest BCUT2D eigenvalue weighted by atomic mass is 16.6. The second-order valence-corrected chi connectivity index (χ2v) is 17.6. The molecule has 0 saturated heterocycles. The normalized spacial score (nSPS) is 14.2. The molecule has 1 fully saturated rings. The van der Waals surface area contributed by atoms with Crippen LogP contribution >= 0.6 is 0 Å². The van der Waals surface area contributed by atoms with Crippen LogP contribution in [0.4, 0.5) is 0 Å². The topological polar surface area (TPSA) is 93.1 Å². The molecule has 0 radical (unpaired) electrons. The minimum Gasteiger partial charge on any atom is -0.507 e. The van der Waals surface area contributed by atoms with Crippen LogP contribution in [0.5, 0.6) is 11.5 Å². The number of phenolic OH excluding ortho intramolecular Hbond substituents is 2. The van der Waals surface area contributed by atoms with Gasteiger partial charge in [0.2, 0.25) is 0 Å². The first-order valence-corrected chi connectivity index (χ1v) is 18.1. The monoisotopic (exact) mass is 666 g/mol. The summed E-state index contributed by atoms with van der Waals surface area (Å²) in [6.07, 6.45) is 10.4. The first kappa shape index (κ1) is 41.2. The lowest BCUT2D eigenvalue weighted by Gasteiger charge is -2.28. The number of benzene rings is 2. The Kier molecular flexibility index (Phi) is 14.6. The number of aromatic hydroxyl groups is 2. The number of hydrogen-bond donors (Lipinski definition) is 2. The van der Waals surface area contributed by atoms with Gasteiger partial charge in [-0.1, -0.05) is 146 Å². The SMILES string of the molecule is C1CCCCC1.CC(C)(C)c1cc(CCC(=O)OCCOC(=O)CCc2cc(C(C)(C)C)c(O)c(C(C)(C)C)c2)cc(C(C)(C)C)c1O. The molecule has 0 amide bonds. The van der Waals surface area contributed by atoms with Gasteiger partial charge in [-0.25, -0.2) is 0 Å². The molecule has 0 aromatic heterocycles. The maximum atomic E-state index is 12.4. The summed E-state index contributed by atoms with van der Waals surface area (Å²) in [5, 5.41) is 21.8. The van der Waals surface area contributed by atoms with Crippen LogP contribution in [0, 0.1) is 0 Å². The lowest BCUT2D eigenvalue weighted by molar-refractivity contribution is -0.152. The van der Waals surface area contributed by atoms with E-state index >= 15 is 0 Å². The third-order valence-electron chi connectivity index (χ3n) is 8.92. The Bertz CT molecular complexity index is 1170. The summed E-state index contributed by atoms with van der Waals surface area (Å²) in [6.45, 7) is 24.7. The summed E-state index contributed by atoms with van der Waals surface area (Å²) in [5.74, 6) is -0.0832. The third-order valence-corrected chi connectivity index (χ3v) is 8.92. The van der Waals surface area contributed by atoms with E-state index < -0.39 is 0 Å². The molecule has 3 rings (SSSR count). The van der Waals surface area contributed by atoms with E-state index in [4.69, 9.17) is 9.47 Å². The number of esters is 2. The fraction of sp³-hybridized carbons (Fsp3) is 0.667. The highest BCUT2D eigenvalue weighted by molar-refractivity contribution is 5.71. The number of aryl methyl sites for hydroxylation is 2. The fourth-order valence-electron chi connectivity index (χ4n) is 5.97. The van der Waals surface area contributed by atoms with Gasteiger partial charge in [0.25, 0.3) is 0 Å². The maximum Gasteiger partial charge on any atom is 0.306 e. The first-order valence-electron chi connectivity index (χ1n) is 18.1. The first-order chi connectivity index (χ1) is 22.0. The fourth-order valence-corrected chi connectivity index (χ4v) is 5.97. The van der Waals surface area contributed by atoms with Crippen LogP contribution in [0.25, 0.3) is 0 Å². The van der Waals surface area contributed by atoms with Crippen LogP contribution < -0.4 is 0 Å². The van der Waals surface area contributed by atoms with E-state index in [1.165, 1.54) is 38.5 Å². The summed E-state index contributed by atoms with van der Waals surface area (Å²) < 4.78 is 10.6. The van der Waals surface area contributed by atoms with Gasteiger partial charge in [-0.2, -0.15) is 0 Å². The highest BCUT2D eigenvalue weighted by Gasteiger charge is 2.28. The van der Waals surface area contributed by atoms with Crippen LogP contribution in [0.2, 0.25) is 0 Å². The number of ether oxygens (including phenoxy) is 2. The van der Waals surface area contributed by atoms with E-state index in [0.717, 1.165) is 33.4 Å². The quantitative estimate of drug-likeness (QED) is 0.204. The van der Waals surface area contributed by atoms with Gasteiger partial charge >= 0.3 is 11.9 Å². The Morgan fingerprint density at radius 2 is 0.729 bits per heavy atom. The van der Waals surface area contributed by atoms with E-state index in [1.807, 2.05) is 24.3 Å². The summed E-state index contributed by atoms with van der Waals surface area (Å²) in [5.41, 5.74) is 4.45. The van der Waals surface area contributed by atoms with E-state index in [2.05, 4.69) is 83.1 Å². The third kappa shape index (κ3) is 13.1. The Labute approximate surface area is 292 Å². The molecule has 1 aliphatic carbocycles. The molecule has 0 heterocycles. The largest absolute Gasteiger partial charge is 0.507 e. The number of phenols is 2. The van der Waals surface area contributed by atoms with Crippen LogP contribution in [-0.4, -0.2) is 35.4 Å². The summed E-state index contributed by atoms with van der Waals surface area (Å²) in [6, 6.07) is 7.90. The molecule has 1 aliphatic rings. The summed E-state index contributed by atoms with van der Waals surface area (Å²) in [4.78, 5) is 24.8. The molecule has 0 atom stereocenters. The molecule has 0 aliphatic heterocycles. The van der Waals surface area contributed by atoms with Gasteiger partial charge in [-0.15, -0.1) is 0 Å². The molecule has 270 valence electrons. The van der Waals surface area contributed by atoms with Gasteiger partial charge < -0.3 is 19.7 Å². The Hall–Kier alpha value is -3.02. The average Bonchev–Trinajstić information content (AvgIpc) is 2.97. The van der Waals surface area contributed by atoms with Crippen molar-refractivity contribution in [2.45, 2.75) is 169 Å². The Morgan fingerprint density at radius 1 is 0.500 bits per heavy atom. The van der Waals surface area contributed by atoms with Crippen molar-refractivity contribution in [3.05, 3.63) is 57.6 Å². The van der Waals surface area contributed by atoms with Crippen molar-refractivity contribution in [2.75, 3.05) is 13.2 Å². The Morgan fingerprint density at radius 3 is 0.938 bits per heavy atom. The average molecular weight is 667 g/mol. The molecule has 0 unspecified atom stereocenters. The molecule has 48 heavy (non-hydrogen) atoms. The van der Waals surface area contributed by atoms with Crippen LogP contribution in [0.3, 0.4) is 0 Å². The standard InChI is InChI=1S/C36H54O6.C6H12/c1-33(2,3)25-19-23(20-26(31(25)39)34(4,5)6)13-15-29(37)41-17-18-42-30(38)16-14-24-21-27(35(7,8)9)32(40)28(22-24)36(10,11)12;1-2-4-6-5-3-1/h19-22,39-40H,13-18H2,1-12H3;1-6H2. The van der Waals surface area contributed by atoms with Gasteiger partial charge in [0.1, 0.15) is 24.7 Å². The molecule has 6 nitrogen and oxygen atoms in total. The van der Waals surface area contributed by atoms with Crippen LogP contribution in [0.15, 0.2) is 24.3 Å². The zero-order valence-corrected chi connectivity index (χ0v) is 32.3. The molecule has 0 spiro atoms. The molecule has 1 saturated carbocycles. The van der Waals surface area contributed by atoms with E-state index in [9.17, 15) is 19.8 Å². The zero-order chi connectivity index (χ0) is 36.5. The minimum atomic E-state index is -0.359. The molecule has 2 N–H and O–H groups in total. The highest BCUT2D eigenvalue weighted by Crippen LogP contribution is 2.41. The van der Waals surface area contributed by atoms with Crippen molar-refractivity contribution < 1.29 is 29.3 Å². The van der Waals surface area contributed by atoms with Crippen molar-refractivity contribution in [1.29, 1.82) is 0 Å². The summed E-state index contributed by atoms with van der Waals surface area (Å²) in [7, 11) is 0. The number of carbonyl (C=O) groups is 2. The lowest BCUT2D eigenvalue weighted by atomic mass is 9.78. The second kappa shape index (κ2) is 17.1. The van der Waals surface area contributed by atoms with Crippen molar-refractivity contribution in [3.63, 3.8) is 0 Å². The smallest absolute Gasteiger partial charge is 0.306 e. The molecular weight excluding hydrogens is 600 g/mol. The van der Waals surface area contributed by atoms with Gasteiger partial charge in [0.15, 0.2) is 0 Å². The molecule has 2 aromatic carbocycles. The van der Waals surface area contributed by atoms with Gasteiger partial charge in [-0.05, 0) is 67.9 Å². The van der Waals surface area contributed by atoms with E-state index in [1.54, 1.807) is 0 Å². The Balaban J connectivity index is 0.00000119. The molecule has 0 bridgehead atoms. The van der Waals surface area contributed by atoms with E-state index in [0.29, 0.717) is 24.3 Å². The minimum absolute atomic E-state index is 0.00217. The number of hydrogen-bond acceptors (Lipinski definition) is 6. The van der Waals surface area contributed by atoms with Crippen molar-refractivity contribution in [1.82, 2.24) is 0 Å². The number of rotatable bonds is 9. The van der Waals surface area contributed by atoms with Gasteiger partial charge in [0, 0.05) is 12.8 Å². The van der Waals surface area contributed by atoms with Crippen molar-refractivity contribution in [3.8, 4) is 11.5 Å². The summed E-state index contributed by atoms with van der Waals surface area (Å²) >= 11 is 0. The van der Waals surface area contributed by atoms with Crippen molar-refractivity contribution >= 4 is 11.9 Å². The van der Waals surface area contributed by atoms with Gasteiger partial charge in [-0.3, -0.25) is 9.59 Å². The number of carbonyl (C=O) groups excluding carboxylic acids is 2. The zero-order valence-electron chi connectivity index (χ0n) is 32.3. The van der Waals surface area contributed by atoms with Crippen LogP contribution in [-0.2, 0) is 53.6 Å². The predicted molar refractivity (Wildman–Crippen MR) is 197 cm³/mol. The molecule has 6 heteroatoms. The lowest BCUT2D eigenvalue weighted by Crippen LogP contribution is -2.18. The predicted octanol–water partition coefficient (Wildman–Crippen LogP) is 10.3. The van der Waals surface area contributed by atoms with Crippen LogP contribution in [0.1, 0.15) is 168 Å². The second-order valence-electron chi connectivity index (χ2n) is 17.6. The van der Waals surface area contributed by atoms with E-state index in [-0.39, 0.29) is 59.7 Å². The maximum absolute atomic E-state index is 12.4.